The average molecular weight is 177 g/mol. The van der Waals surface area contributed by atoms with Gasteiger partial charge < -0.3 is 4.74 Å². The number of nitriles is 1. The lowest BCUT2D eigenvalue weighted by atomic mass is 9.74. The Kier molecular flexibility index (Phi) is 1.04. The molecule has 2 saturated heterocycles. The molecule has 4 fully saturated rings. The zero-order valence-electron chi connectivity index (χ0n) is 7.54. The molecule has 0 radical (unpaired) electrons. The molecule has 4 rings (SSSR count). The Labute approximate surface area is 76.7 Å². The molecule has 13 heavy (non-hydrogen) atoms. The number of Topliss-reactive ketones (excluding diaryl/α,β-unsaturated/α-hetero) is 1. The number of carbonyl (C=O) groups excluding carboxylic acids is 1. The van der Waals surface area contributed by atoms with E-state index in [2.05, 4.69) is 6.07 Å². The quantitative estimate of drug-likeness (QED) is 0.555. The second-order valence-corrected chi connectivity index (χ2v) is 4.79. The maximum Gasteiger partial charge on any atom is 0.181 e. The predicted molar refractivity (Wildman–Crippen MR) is 43.7 cm³/mol. The molecule has 68 valence electrons. The summed E-state index contributed by atoms with van der Waals surface area (Å²) < 4.78 is 5.68. The molecule has 0 aromatic carbocycles. The molecule has 2 heterocycles. The van der Waals surface area contributed by atoms with Gasteiger partial charge in [0.2, 0.25) is 0 Å². The van der Waals surface area contributed by atoms with Crippen LogP contribution in [-0.2, 0) is 9.53 Å². The van der Waals surface area contributed by atoms with Crippen LogP contribution in [0.25, 0.3) is 0 Å². The van der Waals surface area contributed by atoms with Crippen molar-refractivity contribution in [3.63, 3.8) is 0 Å². The molecule has 2 aliphatic heterocycles. The molecule has 4 atom stereocenters. The minimum atomic E-state index is -0.680. The van der Waals surface area contributed by atoms with Crippen molar-refractivity contribution in [2.75, 3.05) is 0 Å². The van der Waals surface area contributed by atoms with Crippen molar-refractivity contribution in [3.8, 4) is 6.07 Å². The summed E-state index contributed by atoms with van der Waals surface area (Å²) in [7, 11) is 0. The van der Waals surface area contributed by atoms with Crippen molar-refractivity contribution < 1.29 is 9.53 Å². The third kappa shape index (κ3) is 0.636. The van der Waals surface area contributed by atoms with Crippen LogP contribution in [0.5, 0.6) is 0 Å². The molecule has 0 aromatic rings. The second kappa shape index (κ2) is 1.80. The van der Waals surface area contributed by atoms with E-state index >= 15 is 0 Å². The fourth-order valence-electron chi connectivity index (χ4n) is 3.35. The van der Waals surface area contributed by atoms with Crippen LogP contribution in [0.4, 0.5) is 0 Å². The molecule has 2 saturated carbocycles. The van der Waals surface area contributed by atoms with Gasteiger partial charge in [0.15, 0.2) is 5.78 Å². The fourth-order valence-corrected chi connectivity index (χ4v) is 3.35. The topological polar surface area (TPSA) is 50.1 Å². The maximum atomic E-state index is 11.8. The highest BCUT2D eigenvalue weighted by atomic mass is 16.5. The molecule has 4 bridgehead atoms. The van der Waals surface area contributed by atoms with Crippen molar-refractivity contribution in [1.29, 1.82) is 5.26 Å². The standard InChI is InChI=1S/C10H11NO2/c1-9-4-10(5-11)3-6(9)2-7(13-9)8(10)12/h6-7H,2-4H2,1H3/t6-,7+,9+,10+/m0/s1. The Morgan fingerprint density at radius 1 is 1.69 bits per heavy atom. The Bertz CT molecular complexity index is 345. The lowest BCUT2D eigenvalue weighted by Crippen LogP contribution is -2.45. The number of ether oxygens (including phenoxy) is 1. The van der Waals surface area contributed by atoms with Crippen LogP contribution >= 0.6 is 0 Å². The minimum Gasteiger partial charge on any atom is -0.364 e. The summed E-state index contributed by atoms with van der Waals surface area (Å²) in [5.74, 6) is 0.482. The monoisotopic (exact) mass is 177 g/mol. The van der Waals surface area contributed by atoms with Gasteiger partial charge in [-0.2, -0.15) is 5.26 Å². The van der Waals surface area contributed by atoms with Gasteiger partial charge in [-0.15, -0.1) is 0 Å². The van der Waals surface area contributed by atoms with E-state index in [0.29, 0.717) is 12.3 Å². The van der Waals surface area contributed by atoms with Crippen molar-refractivity contribution in [1.82, 2.24) is 0 Å². The molecule has 3 heteroatoms. The second-order valence-electron chi connectivity index (χ2n) is 4.79. The molecule has 0 aromatic heterocycles. The van der Waals surface area contributed by atoms with Gasteiger partial charge in [-0.05, 0) is 25.7 Å². The highest BCUT2D eigenvalue weighted by molar-refractivity contribution is 5.94. The molecular weight excluding hydrogens is 166 g/mol. The Balaban J connectivity index is 2.14. The van der Waals surface area contributed by atoms with Crippen molar-refractivity contribution in [2.24, 2.45) is 11.3 Å². The van der Waals surface area contributed by atoms with Crippen LogP contribution in [0, 0.1) is 22.7 Å². The number of rotatable bonds is 0. The van der Waals surface area contributed by atoms with Crippen LogP contribution < -0.4 is 0 Å². The summed E-state index contributed by atoms with van der Waals surface area (Å²) in [6.45, 7) is 2.04. The summed E-state index contributed by atoms with van der Waals surface area (Å²) in [6.07, 6.45) is 1.93. The Hall–Kier alpha value is -0.880. The summed E-state index contributed by atoms with van der Waals surface area (Å²) in [6, 6.07) is 2.22. The van der Waals surface area contributed by atoms with E-state index in [1.54, 1.807) is 0 Å². The van der Waals surface area contributed by atoms with Gasteiger partial charge in [0.1, 0.15) is 11.5 Å². The number of carbonyl (C=O) groups is 1. The normalized spacial score (nSPS) is 57.1. The molecule has 2 aliphatic carbocycles. The van der Waals surface area contributed by atoms with Crippen LogP contribution in [0.1, 0.15) is 26.2 Å². The van der Waals surface area contributed by atoms with E-state index in [1.807, 2.05) is 6.92 Å². The van der Waals surface area contributed by atoms with Gasteiger partial charge in [0.25, 0.3) is 0 Å². The molecule has 0 unspecified atom stereocenters. The maximum absolute atomic E-state index is 11.8. The number of hydrogen-bond donors (Lipinski definition) is 0. The highest BCUT2D eigenvalue weighted by Gasteiger charge is 2.68. The van der Waals surface area contributed by atoms with Crippen molar-refractivity contribution >= 4 is 5.78 Å². The molecular formula is C10H11NO2. The zero-order chi connectivity index (χ0) is 9.27. The van der Waals surface area contributed by atoms with Crippen molar-refractivity contribution in [3.05, 3.63) is 0 Å². The Morgan fingerprint density at radius 3 is 3.08 bits per heavy atom. The summed E-state index contributed by atoms with van der Waals surface area (Å²) in [5, 5.41) is 9.06. The van der Waals surface area contributed by atoms with Crippen LogP contribution in [0.2, 0.25) is 0 Å². The first kappa shape index (κ1) is 7.52. The third-order valence-electron chi connectivity index (χ3n) is 4.00. The molecule has 0 amide bonds. The van der Waals surface area contributed by atoms with E-state index in [4.69, 9.17) is 10.00 Å². The average Bonchev–Trinajstić information content (AvgIpc) is 2.47. The number of nitrogens with zero attached hydrogens (tertiary/aromatic N) is 1. The fraction of sp³-hybridized carbons (Fsp3) is 0.800. The van der Waals surface area contributed by atoms with Crippen LogP contribution in [0.3, 0.4) is 0 Å². The molecule has 3 nitrogen and oxygen atoms in total. The third-order valence-corrected chi connectivity index (χ3v) is 4.00. The summed E-state index contributed by atoms with van der Waals surface area (Å²) in [4.78, 5) is 11.8. The smallest absolute Gasteiger partial charge is 0.181 e. The molecule has 0 spiro atoms. The van der Waals surface area contributed by atoms with Gasteiger partial charge in [-0.25, -0.2) is 0 Å². The predicted octanol–water partition coefficient (Wildman–Crippen LogP) is 1.04. The summed E-state index contributed by atoms with van der Waals surface area (Å²) >= 11 is 0. The highest BCUT2D eigenvalue weighted by Crippen LogP contribution is 2.61. The first-order valence-corrected chi connectivity index (χ1v) is 4.73. The van der Waals surface area contributed by atoms with E-state index in [9.17, 15) is 4.79 Å². The first-order chi connectivity index (χ1) is 6.10. The Morgan fingerprint density at radius 2 is 2.46 bits per heavy atom. The summed E-state index contributed by atoms with van der Waals surface area (Å²) in [5.41, 5.74) is -0.852. The van der Waals surface area contributed by atoms with E-state index in [-0.39, 0.29) is 17.5 Å². The van der Waals surface area contributed by atoms with E-state index < -0.39 is 5.41 Å². The van der Waals surface area contributed by atoms with Gasteiger partial charge >= 0.3 is 0 Å². The number of hydrogen-bond acceptors (Lipinski definition) is 3. The van der Waals surface area contributed by atoms with Crippen LogP contribution in [0.15, 0.2) is 0 Å². The van der Waals surface area contributed by atoms with E-state index in [1.165, 1.54) is 0 Å². The van der Waals surface area contributed by atoms with Gasteiger partial charge in [0, 0.05) is 6.42 Å². The molecule has 0 N–H and O–H groups in total. The van der Waals surface area contributed by atoms with Crippen LogP contribution in [-0.4, -0.2) is 17.5 Å². The van der Waals surface area contributed by atoms with Crippen molar-refractivity contribution in [2.45, 2.75) is 37.9 Å². The van der Waals surface area contributed by atoms with E-state index in [0.717, 1.165) is 12.8 Å². The zero-order valence-corrected chi connectivity index (χ0v) is 7.54. The molecule has 4 aliphatic rings. The largest absolute Gasteiger partial charge is 0.364 e. The van der Waals surface area contributed by atoms with Gasteiger partial charge in [0.05, 0.1) is 11.7 Å². The number of ketones is 1. The van der Waals surface area contributed by atoms with Gasteiger partial charge in [-0.1, -0.05) is 0 Å². The minimum absolute atomic E-state index is 0.0428. The SMILES string of the molecule is C[C@@]12C[C@@]3(C#N)C[C@@H]1C[C@@H](O2)C3=O. The first-order valence-electron chi connectivity index (χ1n) is 4.73. The lowest BCUT2D eigenvalue weighted by molar-refractivity contribution is -0.151. The lowest BCUT2D eigenvalue weighted by Gasteiger charge is -2.33. The van der Waals surface area contributed by atoms with Gasteiger partial charge in [-0.3, -0.25) is 4.79 Å².